The highest BCUT2D eigenvalue weighted by Gasteiger charge is 2.77. The van der Waals surface area contributed by atoms with Crippen LogP contribution < -0.4 is 0 Å². The van der Waals surface area contributed by atoms with Crippen LogP contribution in [0.2, 0.25) is 0 Å². The van der Waals surface area contributed by atoms with E-state index in [-0.39, 0.29) is 18.1 Å². The fraction of sp³-hybridized carbons (Fsp3) is 0.812. The smallest absolute Gasteiger partial charge is 0.334 e. The number of fused-ring (bicyclic) bond motifs is 4. The van der Waals surface area contributed by atoms with Crippen LogP contribution in [0, 0.1) is 17.3 Å². The van der Waals surface area contributed by atoms with Crippen molar-refractivity contribution in [1.29, 1.82) is 0 Å². The van der Waals surface area contributed by atoms with Crippen LogP contribution in [-0.4, -0.2) is 29.7 Å². The third-order valence-corrected chi connectivity index (χ3v) is 6.38. The molecule has 4 rings (SSSR count). The Morgan fingerprint density at radius 1 is 1.24 bits per heavy atom. The first-order valence-corrected chi connectivity index (χ1v) is 7.66. The molecule has 0 bridgehead atoms. The molecule has 2 aliphatic carbocycles. The number of hydrogen-bond donors (Lipinski definition) is 0. The summed E-state index contributed by atoms with van der Waals surface area (Å²) in [5.74, 6) is -3.74. The van der Waals surface area contributed by atoms with Crippen LogP contribution in [0.1, 0.15) is 39.5 Å². The first-order chi connectivity index (χ1) is 9.71. The molecule has 0 spiro atoms. The van der Waals surface area contributed by atoms with Crippen LogP contribution >= 0.6 is 0 Å². The first-order valence-electron chi connectivity index (χ1n) is 7.66. The zero-order valence-electron chi connectivity index (χ0n) is 12.3. The molecule has 3 nitrogen and oxygen atoms in total. The molecule has 4 fully saturated rings. The number of esters is 1. The second-order valence-electron chi connectivity index (χ2n) is 7.52. The van der Waals surface area contributed by atoms with Crippen LogP contribution in [0.15, 0.2) is 12.2 Å². The molecule has 2 saturated carbocycles. The summed E-state index contributed by atoms with van der Waals surface area (Å²) in [7, 11) is 0. The van der Waals surface area contributed by atoms with Gasteiger partial charge in [0.25, 0.3) is 5.92 Å². The summed E-state index contributed by atoms with van der Waals surface area (Å²) in [6.07, 6.45) is 1.49. The maximum Gasteiger partial charge on any atom is 0.334 e. The summed E-state index contributed by atoms with van der Waals surface area (Å²) in [4.78, 5) is 11.8. The number of ether oxygens (including phenoxy) is 2. The van der Waals surface area contributed by atoms with Gasteiger partial charge in [-0.1, -0.05) is 13.5 Å². The molecule has 2 saturated heterocycles. The Morgan fingerprint density at radius 3 is 2.67 bits per heavy atom. The lowest BCUT2D eigenvalue weighted by Crippen LogP contribution is -2.29. The van der Waals surface area contributed by atoms with Gasteiger partial charge < -0.3 is 9.47 Å². The Morgan fingerprint density at radius 2 is 1.95 bits per heavy atom. The third-order valence-electron chi connectivity index (χ3n) is 6.38. The lowest BCUT2D eigenvalue weighted by Gasteiger charge is -2.21. The lowest BCUT2D eigenvalue weighted by molar-refractivity contribution is -0.140. The number of epoxide rings is 1. The van der Waals surface area contributed by atoms with Crippen LogP contribution in [0.4, 0.5) is 8.78 Å². The van der Waals surface area contributed by atoms with Crippen molar-refractivity contribution in [2.24, 2.45) is 17.3 Å². The van der Waals surface area contributed by atoms with Crippen LogP contribution in [0.5, 0.6) is 0 Å². The van der Waals surface area contributed by atoms with Gasteiger partial charge in [0.15, 0.2) is 0 Å². The summed E-state index contributed by atoms with van der Waals surface area (Å²) in [6.45, 7) is 7.40. The molecule has 0 amide bonds. The van der Waals surface area contributed by atoms with Crippen LogP contribution in [0.3, 0.4) is 0 Å². The summed E-state index contributed by atoms with van der Waals surface area (Å²) >= 11 is 0. The van der Waals surface area contributed by atoms with E-state index in [1.807, 2.05) is 6.92 Å². The van der Waals surface area contributed by atoms with Crippen molar-refractivity contribution in [2.45, 2.75) is 63.3 Å². The quantitative estimate of drug-likeness (QED) is 0.392. The Labute approximate surface area is 122 Å². The summed E-state index contributed by atoms with van der Waals surface area (Å²) in [5.41, 5.74) is -0.950. The van der Waals surface area contributed by atoms with Gasteiger partial charge in [-0.05, 0) is 32.6 Å². The van der Waals surface area contributed by atoms with Gasteiger partial charge in [-0.25, -0.2) is 13.6 Å². The topological polar surface area (TPSA) is 38.8 Å². The molecular weight excluding hydrogens is 278 g/mol. The highest BCUT2D eigenvalue weighted by atomic mass is 19.3. The lowest BCUT2D eigenvalue weighted by atomic mass is 9.81. The second kappa shape index (κ2) is 3.67. The minimum absolute atomic E-state index is 0.164. The third kappa shape index (κ3) is 1.58. The zero-order valence-corrected chi connectivity index (χ0v) is 12.3. The Balaban J connectivity index is 1.65. The van der Waals surface area contributed by atoms with Crippen molar-refractivity contribution in [3.8, 4) is 0 Å². The Hall–Kier alpha value is -0.970. The maximum absolute atomic E-state index is 14.1. The van der Waals surface area contributed by atoms with Gasteiger partial charge in [0.1, 0.15) is 12.2 Å². The van der Waals surface area contributed by atoms with E-state index in [1.165, 1.54) is 0 Å². The van der Waals surface area contributed by atoms with E-state index in [4.69, 9.17) is 9.47 Å². The second-order valence-corrected chi connectivity index (χ2v) is 7.52. The number of alkyl halides is 2. The summed E-state index contributed by atoms with van der Waals surface area (Å²) in [6, 6.07) is 0. The van der Waals surface area contributed by atoms with Gasteiger partial charge in [0.2, 0.25) is 0 Å². The fourth-order valence-electron chi connectivity index (χ4n) is 4.52. The molecule has 0 aromatic carbocycles. The number of halogens is 2. The standard InChI is InChI=1S/C16H20F2O3/c1-8-9-4-6-14(2)10(16(14,17)18)5-7-15(3)12(21-15)11(9)20-13(8)19/h9-12H,1,4-7H2,2-3H3/t9-,10+,11-,12-,14-,15+/m0/s1. The number of carbonyl (C=O) groups is 1. The minimum Gasteiger partial charge on any atom is -0.455 e. The molecule has 2 heterocycles. The summed E-state index contributed by atoms with van der Waals surface area (Å²) < 4.78 is 39.4. The van der Waals surface area contributed by atoms with E-state index in [0.717, 1.165) is 0 Å². The molecular formula is C16H20F2O3. The number of carbonyl (C=O) groups excluding carboxylic acids is 1. The molecule has 4 aliphatic rings. The Bertz CT molecular complexity index is 546. The van der Waals surface area contributed by atoms with Crippen molar-refractivity contribution >= 4 is 5.97 Å². The van der Waals surface area contributed by atoms with Gasteiger partial charge in [-0.2, -0.15) is 0 Å². The normalized spacial score (nSPS) is 54.1. The Kier molecular flexibility index (Phi) is 2.39. The van der Waals surface area contributed by atoms with Gasteiger partial charge in [-0.15, -0.1) is 0 Å². The molecule has 0 radical (unpaired) electrons. The van der Waals surface area contributed by atoms with Crippen molar-refractivity contribution in [3.63, 3.8) is 0 Å². The minimum atomic E-state index is -2.60. The fourth-order valence-corrected chi connectivity index (χ4v) is 4.52. The monoisotopic (exact) mass is 298 g/mol. The highest BCUT2D eigenvalue weighted by molar-refractivity contribution is 5.91. The van der Waals surface area contributed by atoms with Crippen molar-refractivity contribution in [3.05, 3.63) is 12.2 Å². The van der Waals surface area contributed by atoms with E-state index in [9.17, 15) is 13.6 Å². The van der Waals surface area contributed by atoms with Crippen LogP contribution in [0.25, 0.3) is 0 Å². The predicted octanol–water partition coefficient (Wildman–Crippen LogP) is 3.09. The van der Waals surface area contributed by atoms with Crippen molar-refractivity contribution in [1.82, 2.24) is 0 Å². The SMILES string of the molecule is C=C1C(=O)O[C@H]2[C@H]1CC[C@@]1(C)[C@@H](CC[C@@]3(C)O[C@@H]23)C1(F)F. The van der Waals surface area contributed by atoms with Crippen molar-refractivity contribution in [2.75, 3.05) is 0 Å². The molecule has 0 N–H and O–H groups in total. The molecule has 5 heteroatoms. The zero-order chi connectivity index (χ0) is 15.2. The van der Waals surface area contributed by atoms with E-state index in [0.29, 0.717) is 31.3 Å². The molecule has 0 unspecified atom stereocenters. The van der Waals surface area contributed by atoms with E-state index in [1.54, 1.807) is 6.92 Å². The molecule has 2 aliphatic heterocycles. The van der Waals surface area contributed by atoms with E-state index in [2.05, 4.69) is 6.58 Å². The van der Waals surface area contributed by atoms with E-state index >= 15 is 0 Å². The van der Waals surface area contributed by atoms with Crippen LogP contribution in [-0.2, 0) is 14.3 Å². The van der Waals surface area contributed by atoms with Crippen molar-refractivity contribution < 1.29 is 23.0 Å². The molecule has 116 valence electrons. The van der Waals surface area contributed by atoms with Gasteiger partial charge in [0.05, 0.1) is 5.60 Å². The molecule has 6 atom stereocenters. The average Bonchev–Trinajstić information content (AvgIpc) is 3.13. The van der Waals surface area contributed by atoms with E-state index < -0.39 is 28.8 Å². The molecule has 0 aromatic rings. The maximum atomic E-state index is 14.1. The largest absolute Gasteiger partial charge is 0.455 e. The van der Waals surface area contributed by atoms with Gasteiger partial charge in [-0.3, -0.25) is 0 Å². The average molecular weight is 298 g/mol. The highest BCUT2D eigenvalue weighted by Crippen LogP contribution is 2.71. The van der Waals surface area contributed by atoms with Gasteiger partial charge >= 0.3 is 5.97 Å². The predicted molar refractivity (Wildman–Crippen MR) is 70.8 cm³/mol. The summed E-state index contributed by atoms with van der Waals surface area (Å²) in [5, 5.41) is 0. The molecule has 0 aromatic heterocycles. The molecule has 21 heavy (non-hydrogen) atoms. The number of rotatable bonds is 0. The first kappa shape index (κ1) is 13.7. The van der Waals surface area contributed by atoms with Gasteiger partial charge in [0, 0.05) is 22.8 Å². The number of hydrogen-bond acceptors (Lipinski definition) is 3.